The van der Waals surface area contributed by atoms with Crippen LogP contribution in [-0.4, -0.2) is 53.2 Å². The second-order valence-electron chi connectivity index (χ2n) is 6.81. The van der Waals surface area contributed by atoms with Gasteiger partial charge in [0.15, 0.2) is 0 Å². The number of aliphatic hydroxyl groups excluding tert-OH is 1. The third-order valence-electron chi connectivity index (χ3n) is 4.90. The Bertz CT molecular complexity index is 597. The molecule has 24 heavy (non-hydrogen) atoms. The average molecular weight is 331 g/mol. The molecule has 0 bridgehead atoms. The van der Waals surface area contributed by atoms with Gasteiger partial charge in [0.25, 0.3) is 5.91 Å². The maximum atomic E-state index is 12.7. The van der Waals surface area contributed by atoms with Gasteiger partial charge in [-0.05, 0) is 31.9 Å². The van der Waals surface area contributed by atoms with Crippen molar-refractivity contribution < 1.29 is 14.7 Å². The zero-order valence-electron chi connectivity index (χ0n) is 14.1. The molecule has 6 nitrogen and oxygen atoms in total. The van der Waals surface area contributed by atoms with Crippen molar-refractivity contribution in [1.82, 2.24) is 10.2 Å². The van der Waals surface area contributed by atoms with Crippen molar-refractivity contribution in [3.05, 3.63) is 30.3 Å². The molecule has 1 heterocycles. The van der Waals surface area contributed by atoms with Crippen LogP contribution in [0.15, 0.2) is 30.3 Å². The van der Waals surface area contributed by atoms with E-state index in [1.807, 2.05) is 35.2 Å². The number of para-hydroxylation sites is 1. The first kappa shape index (κ1) is 16.8. The molecule has 1 saturated heterocycles. The van der Waals surface area contributed by atoms with Crippen LogP contribution in [0, 0.1) is 0 Å². The number of rotatable bonds is 6. The van der Waals surface area contributed by atoms with E-state index < -0.39 is 11.6 Å². The highest BCUT2D eigenvalue weighted by Crippen LogP contribution is 2.34. The Hall–Kier alpha value is -2.08. The minimum absolute atomic E-state index is 0.0879. The van der Waals surface area contributed by atoms with Crippen LogP contribution < -0.4 is 10.2 Å². The number of imide groups is 1. The second-order valence-corrected chi connectivity index (χ2v) is 6.81. The van der Waals surface area contributed by atoms with Crippen LogP contribution in [0.25, 0.3) is 0 Å². The standard InChI is InChI=1S/C18H25N3O3/c1-14(22)13-20(15-7-3-2-4-8-15)11-12-21-16(23)18(19-17(21)24)9-5-6-10-18/h2-4,7-8,14,22H,5-6,9-13H2,1H3,(H,19,24). The van der Waals surface area contributed by atoms with Gasteiger partial charge in [0.2, 0.25) is 0 Å². The first-order chi connectivity index (χ1) is 11.5. The molecule has 1 unspecified atom stereocenters. The monoisotopic (exact) mass is 331 g/mol. The Balaban J connectivity index is 1.68. The number of amides is 3. The molecule has 1 aliphatic heterocycles. The fourth-order valence-electron chi connectivity index (χ4n) is 3.70. The largest absolute Gasteiger partial charge is 0.392 e. The molecule has 130 valence electrons. The number of benzene rings is 1. The molecule has 1 aliphatic carbocycles. The third-order valence-corrected chi connectivity index (χ3v) is 4.90. The second kappa shape index (κ2) is 6.81. The summed E-state index contributed by atoms with van der Waals surface area (Å²) in [6.07, 6.45) is 2.96. The minimum Gasteiger partial charge on any atom is -0.392 e. The van der Waals surface area contributed by atoms with Gasteiger partial charge in [-0.1, -0.05) is 31.0 Å². The quantitative estimate of drug-likeness (QED) is 0.779. The van der Waals surface area contributed by atoms with Gasteiger partial charge < -0.3 is 15.3 Å². The van der Waals surface area contributed by atoms with E-state index in [-0.39, 0.29) is 11.9 Å². The number of urea groups is 1. The van der Waals surface area contributed by atoms with Gasteiger partial charge in [0, 0.05) is 25.3 Å². The SMILES string of the molecule is CC(O)CN(CCN1C(=O)NC2(CCCC2)C1=O)c1ccccc1. The van der Waals surface area contributed by atoms with E-state index in [0.717, 1.165) is 31.4 Å². The lowest BCUT2D eigenvalue weighted by Crippen LogP contribution is -2.45. The molecule has 1 aromatic rings. The molecule has 1 atom stereocenters. The average Bonchev–Trinajstić information content (AvgIpc) is 3.12. The molecule has 2 N–H and O–H groups in total. The summed E-state index contributed by atoms with van der Waals surface area (Å²) in [6.45, 7) is 3.02. The van der Waals surface area contributed by atoms with Crippen LogP contribution in [0.4, 0.5) is 10.5 Å². The summed E-state index contributed by atoms with van der Waals surface area (Å²) in [6, 6.07) is 9.45. The zero-order chi connectivity index (χ0) is 17.2. The molecular weight excluding hydrogens is 306 g/mol. The van der Waals surface area contributed by atoms with Crippen molar-refractivity contribution in [3.8, 4) is 0 Å². The normalized spacial score (nSPS) is 20.5. The molecule has 6 heteroatoms. The lowest BCUT2D eigenvalue weighted by atomic mass is 9.98. The van der Waals surface area contributed by atoms with E-state index in [2.05, 4.69) is 5.32 Å². The molecule has 3 rings (SSSR count). The molecule has 3 amide bonds. The van der Waals surface area contributed by atoms with E-state index in [1.165, 1.54) is 4.90 Å². The maximum absolute atomic E-state index is 12.7. The molecule has 1 spiro atoms. The predicted octanol–water partition coefficient (Wildman–Crippen LogP) is 1.74. The van der Waals surface area contributed by atoms with Gasteiger partial charge in [0.05, 0.1) is 6.10 Å². The molecule has 2 aliphatic rings. The number of carbonyl (C=O) groups is 2. The Kier molecular flexibility index (Phi) is 4.76. The van der Waals surface area contributed by atoms with Crippen molar-refractivity contribution in [1.29, 1.82) is 0 Å². The van der Waals surface area contributed by atoms with Crippen molar-refractivity contribution in [2.24, 2.45) is 0 Å². The number of nitrogens with zero attached hydrogens (tertiary/aromatic N) is 2. The van der Waals surface area contributed by atoms with Crippen molar-refractivity contribution in [2.45, 2.75) is 44.2 Å². The topological polar surface area (TPSA) is 72.9 Å². The molecule has 1 saturated carbocycles. The highest BCUT2D eigenvalue weighted by molar-refractivity contribution is 6.07. The maximum Gasteiger partial charge on any atom is 0.325 e. The Morgan fingerprint density at radius 1 is 1.25 bits per heavy atom. The van der Waals surface area contributed by atoms with Gasteiger partial charge in [-0.2, -0.15) is 0 Å². The highest BCUT2D eigenvalue weighted by atomic mass is 16.3. The van der Waals surface area contributed by atoms with Crippen LogP contribution in [0.1, 0.15) is 32.6 Å². The first-order valence-corrected chi connectivity index (χ1v) is 8.64. The summed E-state index contributed by atoms with van der Waals surface area (Å²) >= 11 is 0. The summed E-state index contributed by atoms with van der Waals surface area (Å²) in [5.74, 6) is -0.0879. The van der Waals surface area contributed by atoms with Crippen molar-refractivity contribution in [2.75, 3.05) is 24.5 Å². The van der Waals surface area contributed by atoms with Crippen molar-refractivity contribution >= 4 is 17.6 Å². The lowest BCUT2D eigenvalue weighted by molar-refractivity contribution is -0.131. The molecule has 1 aromatic carbocycles. The first-order valence-electron chi connectivity index (χ1n) is 8.64. The van der Waals surface area contributed by atoms with Gasteiger partial charge in [0.1, 0.15) is 5.54 Å². The highest BCUT2D eigenvalue weighted by Gasteiger charge is 2.52. The zero-order valence-corrected chi connectivity index (χ0v) is 14.1. The van der Waals surface area contributed by atoms with E-state index in [1.54, 1.807) is 6.92 Å². The van der Waals surface area contributed by atoms with Crippen LogP contribution in [0.2, 0.25) is 0 Å². The smallest absolute Gasteiger partial charge is 0.325 e. The summed E-state index contributed by atoms with van der Waals surface area (Å²) in [4.78, 5) is 28.3. The lowest BCUT2D eigenvalue weighted by Gasteiger charge is -2.28. The summed E-state index contributed by atoms with van der Waals surface area (Å²) in [5, 5.41) is 12.6. The van der Waals surface area contributed by atoms with Gasteiger partial charge in [-0.25, -0.2) is 4.79 Å². The number of anilines is 1. The number of carbonyl (C=O) groups excluding carboxylic acids is 2. The van der Waals surface area contributed by atoms with Gasteiger partial charge in [-0.15, -0.1) is 0 Å². The number of hydrogen-bond acceptors (Lipinski definition) is 4. The molecule has 2 fully saturated rings. The van der Waals surface area contributed by atoms with E-state index >= 15 is 0 Å². The summed E-state index contributed by atoms with van der Waals surface area (Å²) in [5.41, 5.74) is 0.319. The fraction of sp³-hybridized carbons (Fsp3) is 0.556. The van der Waals surface area contributed by atoms with Gasteiger partial charge >= 0.3 is 6.03 Å². The third kappa shape index (κ3) is 3.24. The number of hydrogen-bond donors (Lipinski definition) is 2. The molecule has 0 aromatic heterocycles. The van der Waals surface area contributed by atoms with Crippen LogP contribution in [0.5, 0.6) is 0 Å². The number of nitrogens with one attached hydrogen (secondary N) is 1. The van der Waals surface area contributed by atoms with E-state index in [4.69, 9.17) is 0 Å². The Labute approximate surface area is 142 Å². The van der Waals surface area contributed by atoms with E-state index in [0.29, 0.717) is 19.6 Å². The van der Waals surface area contributed by atoms with Gasteiger partial charge in [-0.3, -0.25) is 9.69 Å². The molecular formula is C18H25N3O3. The number of aliphatic hydroxyl groups is 1. The van der Waals surface area contributed by atoms with E-state index in [9.17, 15) is 14.7 Å². The molecule has 0 radical (unpaired) electrons. The summed E-state index contributed by atoms with van der Waals surface area (Å²) < 4.78 is 0. The van der Waals surface area contributed by atoms with Crippen LogP contribution in [0.3, 0.4) is 0 Å². The van der Waals surface area contributed by atoms with Crippen LogP contribution in [-0.2, 0) is 4.79 Å². The summed E-state index contributed by atoms with van der Waals surface area (Å²) in [7, 11) is 0. The fourth-order valence-corrected chi connectivity index (χ4v) is 3.70. The predicted molar refractivity (Wildman–Crippen MR) is 91.8 cm³/mol. The van der Waals surface area contributed by atoms with Crippen LogP contribution >= 0.6 is 0 Å². The van der Waals surface area contributed by atoms with Crippen molar-refractivity contribution in [3.63, 3.8) is 0 Å². The minimum atomic E-state index is -0.654. The Morgan fingerprint density at radius 3 is 2.54 bits per heavy atom. The Morgan fingerprint density at radius 2 is 1.92 bits per heavy atom.